The molecular formula is C17H18IN3O2. The van der Waals surface area contributed by atoms with Gasteiger partial charge in [0, 0.05) is 28.9 Å². The zero-order chi connectivity index (χ0) is 16.8. The van der Waals surface area contributed by atoms with Crippen molar-refractivity contribution in [1.82, 2.24) is 4.90 Å². The van der Waals surface area contributed by atoms with E-state index in [1.54, 1.807) is 32.3 Å². The fraction of sp³-hybridized carbons (Fsp3) is 0.176. The molecule has 2 aromatic rings. The number of nitrogens with one attached hydrogen (secondary N) is 2. The van der Waals surface area contributed by atoms with Gasteiger partial charge < -0.3 is 15.5 Å². The summed E-state index contributed by atoms with van der Waals surface area (Å²) in [6.07, 6.45) is 0. The highest BCUT2D eigenvalue weighted by Gasteiger charge is 2.09. The van der Waals surface area contributed by atoms with Gasteiger partial charge in [0.15, 0.2) is 0 Å². The number of hydrogen-bond acceptors (Lipinski definition) is 3. The van der Waals surface area contributed by atoms with Crippen molar-refractivity contribution >= 4 is 45.8 Å². The van der Waals surface area contributed by atoms with Crippen LogP contribution in [0.1, 0.15) is 10.4 Å². The maximum absolute atomic E-state index is 12.0. The molecule has 0 bridgehead atoms. The van der Waals surface area contributed by atoms with Crippen molar-refractivity contribution in [2.45, 2.75) is 0 Å². The number of benzene rings is 2. The molecule has 0 aliphatic carbocycles. The quantitative estimate of drug-likeness (QED) is 0.727. The van der Waals surface area contributed by atoms with E-state index in [1.165, 1.54) is 4.90 Å². The minimum Gasteiger partial charge on any atom is -0.376 e. The Bertz CT molecular complexity index is 716. The van der Waals surface area contributed by atoms with Gasteiger partial charge in [-0.2, -0.15) is 0 Å². The van der Waals surface area contributed by atoms with Gasteiger partial charge in [-0.3, -0.25) is 9.59 Å². The summed E-state index contributed by atoms with van der Waals surface area (Å²) < 4.78 is 0.983. The molecule has 5 nitrogen and oxygen atoms in total. The average molecular weight is 423 g/mol. The second-order valence-electron chi connectivity index (χ2n) is 5.16. The molecule has 23 heavy (non-hydrogen) atoms. The second kappa shape index (κ2) is 7.96. The lowest BCUT2D eigenvalue weighted by Crippen LogP contribution is -2.23. The minimum absolute atomic E-state index is 0.0723. The smallest absolute Gasteiger partial charge is 0.253 e. The van der Waals surface area contributed by atoms with Crippen LogP contribution in [0.3, 0.4) is 0 Å². The lowest BCUT2D eigenvalue weighted by atomic mass is 10.2. The monoisotopic (exact) mass is 423 g/mol. The number of rotatable bonds is 5. The number of carbonyl (C=O) groups is 2. The summed E-state index contributed by atoms with van der Waals surface area (Å²) in [4.78, 5) is 25.5. The van der Waals surface area contributed by atoms with Gasteiger partial charge in [0.25, 0.3) is 5.91 Å². The molecule has 0 saturated carbocycles. The van der Waals surface area contributed by atoms with Gasteiger partial charge in [-0.15, -0.1) is 0 Å². The van der Waals surface area contributed by atoms with E-state index in [0.717, 1.165) is 14.9 Å². The summed E-state index contributed by atoms with van der Waals surface area (Å²) in [6.45, 7) is 0.130. The first-order chi connectivity index (χ1) is 11.0. The van der Waals surface area contributed by atoms with E-state index in [9.17, 15) is 9.59 Å². The lowest BCUT2D eigenvalue weighted by molar-refractivity contribution is -0.114. The number of hydrogen-bond donors (Lipinski definition) is 2. The summed E-state index contributed by atoms with van der Waals surface area (Å²) in [5, 5.41) is 5.89. The minimum atomic E-state index is -0.140. The first-order valence-corrected chi connectivity index (χ1v) is 8.15. The first-order valence-electron chi connectivity index (χ1n) is 7.07. The number of nitrogens with zero attached hydrogens (tertiary/aromatic N) is 1. The van der Waals surface area contributed by atoms with Crippen molar-refractivity contribution in [1.29, 1.82) is 0 Å². The summed E-state index contributed by atoms with van der Waals surface area (Å²) in [6, 6.07) is 14.7. The topological polar surface area (TPSA) is 61.4 Å². The van der Waals surface area contributed by atoms with Crippen LogP contribution in [0.5, 0.6) is 0 Å². The first kappa shape index (κ1) is 17.3. The zero-order valence-electron chi connectivity index (χ0n) is 13.0. The van der Waals surface area contributed by atoms with Crippen molar-refractivity contribution in [3.05, 3.63) is 57.7 Å². The fourth-order valence-electron chi connectivity index (χ4n) is 1.96. The number of halogens is 1. The van der Waals surface area contributed by atoms with Crippen molar-refractivity contribution in [2.24, 2.45) is 0 Å². The highest BCUT2D eigenvalue weighted by Crippen LogP contribution is 2.17. The molecule has 0 aliphatic heterocycles. The SMILES string of the molecule is CN(C)C(=O)c1cccc(NCC(=O)Nc2ccccc2I)c1. The van der Waals surface area contributed by atoms with E-state index in [-0.39, 0.29) is 18.4 Å². The maximum Gasteiger partial charge on any atom is 0.253 e. The van der Waals surface area contributed by atoms with Crippen LogP contribution < -0.4 is 10.6 Å². The van der Waals surface area contributed by atoms with Gasteiger partial charge in [-0.25, -0.2) is 0 Å². The summed E-state index contributed by atoms with van der Waals surface area (Å²) in [7, 11) is 3.41. The Balaban J connectivity index is 1.96. The molecule has 2 amide bonds. The van der Waals surface area contributed by atoms with E-state index >= 15 is 0 Å². The third kappa shape index (κ3) is 4.95. The van der Waals surface area contributed by atoms with Gasteiger partial charge >= 0.3 is 0 Å². The van der Waals surface area contributed by atoms with E-state index in [2.05, 4.69) is 33.2 Å². The van der Waals surface area contributed by atoms with Gasteiger partial charge in [0.05, 0.1) is 12.2 Å². The zero-order valence-corrected chi connectivity index (χ0v) is 15.1. The molecule has 0 fully saturated rings. The third-order valence-electron chi connectivity index (χ3n) is 3.12. The number of carbonyl (C=O) groups excluding carboxylic acids is 2. The van der Waals surface area contributed by atoms with Crippen molar-refractivity contribution in [3.63, 3.8) is 0 Å². The van der Waals surface area contributed by atoms with Crippen LogP contribution in [0.2, 0.25) is 0 Å². The number of amides is 2. The number of para-hydroxylation sites is 1. The Morgan fingerprint density at radius 1 is 1.09 bits per heavy atom. The van der Waals surface area contributed by atoms with E-state index in [4.69, 9.17) is 0 Å². The lowest BCUT2D eigenvalue weighted by Gasteiger charge is -2.12. The van der Waals surface area contributed by atoms with Crippen LogP contribution in [-0.4, -0.2) is 37.4 Å². The van der Waals surface area contributed by atoms with Gasteiger partial charge in [0.2, 0.25) is 5.91 Å². The largest absolute Gasteiger partial charge is 0.376 e. The highest BCUT2D eigenvalue weighted by molar-refractivity contribution is 14.1. The third-order valence-corrected chi connectivity index (χ3v) is 4.06. The molecule has 0 spiro atoms. The summed E-state index contributed by atoms with van der Waals surface area (Å²) in [5.41, 5.74) is 2.10. The maximum atomic E-state index is 12.0. The molecule has 0 aromatic heterocycles. The molecule has 0 aliphatic rings. The molecular weight excluding hydrogens is 405 g/mol. The average Bonchev–Trinajstić information content (AvgIpc) is 2.54. The van der Waals surface area contributed by atoms with Gasteiger partial charge in [0.1, 0.15) is 0 Å². The molecule has 0 unspecified atom stereocenters. The predicted molar refractivity (Wildman–Crippen MR) is 101 cm³/mol. The molecule has 0 atom stereocenters. The standard InChI is InChI=1S/C17H18IN3O2/c1-21(2)17(23)12-6-5-7-13(10-12)19-11-16(22)20-15-9-4-3-8-14(15)18/h3-10,19H,11H2,1-2H3,(H,20,22). The van der Waals surface area contributed by atoms with E-state index < -0.39 is 0 Å². The normalized spacial score (nSPS) is 10.0. The Labute approximate surface area is 149 Å². The number of anilines is 2. The highest BCUT2D eigenvalue weighted by atomic mass is 127. The summed E-state index contributed by atoms with van der Waals surface area (Å²) >= 11 is 2.17. The summed E-state index contributed by atoms with van der Waals surface area (Å²) in [5.74, 6) is -0.213. The molecule has 120 valence electrons. The molecule has 0 radical (unpaired) electrons. The molecule has 2 N–H and O–H groups in total. The van der Waals surface area contributed by atoms with Crippen LogP contribution in [-0.2, 0) is 4.79 Å². The molecule has 2 rings (SSSR count). The predicted octanol–water partition coefficient (Wildman–Crippen LogP) is 3.04. The van der Waals surface area contributed by atoms with Gasteiger partial charge in [-0.1, -0.05) is 18.2 Å². The van der Waals surface area contributed by atoms with Crippen molar-refractivity contribution < 1.29 is 9.59 Å². The second-order valence-corrected chi connectivity index (χ2v) is 6.32. The van der Waals surface area contributed by atoms with Crippen LogP contribution in [0.25, 0.3) is 0 Å². The Morgan fingerprint density at radius 3 is 2.52 bits per heavy atom. The molecule has 2 aromatic carbocycles. The Kier molecular flexibility index (Phi) is 5.97. The van der Waals surface area contributed by atoms with Crippen LogP contribution >= 0.6 is 22.6 Å². The molecule has 0 saturated heterocycles. The molecule has 0 heterocycles. The van der Waals surface area contributed by atoms with Crippen molar-refractivity contribution in [3.8, 4) is 0 Å². The van der Waals surface area contributed by atoms with Crippen molar-refractivity contribution in [2.75, 3.05) is 31.3 Å². The van der Waals surface area contributed by atoms with Gasteiger partial charge in [-0.05, 0) is 52.9 Å². The molecule has 6 heteroatoms. The van der Waals surface area contributed by atoms with E-state index in [0.29, 0.717) is 5.56 Å². The Hall–Kier alpha value is -2.09. The van der Waals surface area contributed by atoms with E-state index in [1.807, 2.05) is 30.3 Å². The van der Waals surface area contributed by atoms with Crippen LogP contribution in [0, 0.1) is 3.57 Å². The van der Waals surface area contributed by atoms with Crippen LogP contribution in [0.15, 0.2) is 48.5 Å². The van der Waals surface area contributed by atoms with Crippen LogP contribution in [0.4, 0.5) is 11.4 Å². The fourth-order valence-corrected chi connectivity index (χ4v) is 2.48. The Morgan fingerprint density at radius 2 is 1.83 bits per heavy atom.